The van der Waals surface area contributed by atoms with Crippen LogP contribution in [0.1, 0.15) is 13.3 Å². The van der Waals surface area contributed by atoms with Crippen molar-refractivity contribution in [1.29, 1.82) is 0 Å². The SMILES string of the molecule is CC(CCN(C)C)NS(=O)(=O)c1ccc(N)cc1Br. The summed E-state index contributed by atoms with van der Waals surface area (Å²) in [4.78, 5) is 2.22. The lowest BCUT2D eigenvalue weighted by Gasteiger charge is -2.17. The van der Waals surface area contributed by atoms with Gasteiger partial charge in [-0.1, -0.05) is 0 Å². The van der Waals surface area contributed by atoms with Gasteiger partial charge in [0.1, 0.15) is 0 Å². The van der Waals surface area contributed by atoms with Gasteiger partial charge >= 0.3 is 0 Å². The Labute approximate surface area is 123 Å². The summed E-state index contributed by atoms with van der Waals surface area (Å²) in [6, 6.07) is 4.53. The summed E-state index contributed by atoms with van der Waals surface area (Å²) < 4.78 is 27.6. The van der Waals surface area contributed by atoms with Gasteiger partial charge in [-0.15, -0.1) is 0 Å². The molecule has 0 aromatic heterocycles. The van der Waals surface area contributed by atoms with E-state index < -0.39 is 10.0 Å². The second kappa shape index (κ2) is 6.69. The molecule has 0 heterocycles. The first kappa shape index (κ1) is 16.4. The molecule has 0 saturated heterocycles. The van der Waals surface area contributed by atoms with E-state index in [9.17, 15) is 8.42 Å². The standard InChI is InChI=1S/C12H20BrN3O2S/c1-9(6-7-16(2)3)15-19(17,18)12-5-4-10(14)8-11(12)13/h4-5,8-9,15H,6-7,14H2,1-3H3. The van der Waals surface area contributed by atoms with Crippen molar-refractivity contribution in [2.75, 3.05) is 26.4 Å². The highest BCUT2D eigenvalue weighted by Crippen LogP contribution is 2.24. The average molecular weight is 350 g/mol. The molecule has 0 bridgehead atoms. The van der Waals surface area contributed by atoms with E-state index in [0.717, 1.165) is 13.0 Å². The number of hydrogen-bond donors (Lipinski definition) is 2. The molecule has 0 aliphatic rings. The van der Waals surface area contributed by atoms with Crippen molar-refractivity contribution >= 4 is 31.6 Å². The Kier molecular flexibility index (Phi) is 5.79. The molecule has 108 valence electrons. The van der Waals surface area contributed by atoms with Gasteiger partial charge in [0.25, 0.3) is 0 Å². The zero-order valence-corrected chi connectivity index (χ0v) is 13.8. The van der Waals surface area contributed by atoms with Gasteiger partial charge in [0.2, 0.25) is 10.0 Å². The summed E-state index contributed by atoms with van der Waals surface area (Å²) in [5, 5.41) is 0. The molecule has 0 radical (unpaired) electrons. The third-order valence-corrected chi connectivity index (χ3v) is 5.18. The van der Waals surface area contributed by atoms with Crippen LogP contribution < -0.4 is 10.5 Å². The van der Waals surface area contributed by atoms with Gasteiger partial charge in [-0.25, -0.2) is 13.1 Å². The number of nitrogens with two attached hydrogens (primary N) is 1. The lowest BCUT2D eigenvalue weighted by atomic mass is 10.2. The number of sulfonamides is 1. The summed E-state index contributed by atoms with van der Waals surface area (Å²) >= 11 is 3.23. The molecular weight excluding hydrogens is 330 g/mol. The molecule has 1 aromatic carbocycles. The van der Waals surface area contributed by atoms with Crippen LogP contribution in [0.3, 0.4) is 0 Å². The van der Waals surface area contributed by atoms with Crippen LogP contribution in [0.5, 0.6) is 0 Å². The Bertz CT molecular complexity index is 532. The van der Waals surface area contributed by atoms with Gasteiger partial charge in [-0.3, -0.25) is 0 Å². The number of hydrogen-bond acceptors (Lipinski definition) is 4. The highest BCUT2D eigenvalue weighted by Gasteiger charge is 2.20. The van der Waals surface area contributed by atoms with E-state index in [4.69, 9.17) is 5.73 Å². The molecule has 0 amide bonds. The molecule has 3 N–H and O–H groups in total. The minimum Gasteiger partial charge on any atom is -0.399 e. The van der Waals surface area contributed by atoms with Crippen LogP contribution in [0, 0.1) is 0 Å². The summed E-state index contributed by atoms with van der Waals surface area (Å²) in [7, 11) is 0.386. The first-order chi connectivity index (χ1) is 8.72. The van der Waals surface area contributed by atoms with E-state index in [1.54, 1.807) is 12.1 Å². The third-order valence-electron chi connectivity index (χ3n) is 2.61. The van der Waals surface area contributed by atoms with E-state index in [0.29, 0.717) is 10.2 Å². The molecule has 19 heavy (non-hydrogen) atoms. The topological polar surface area (TPSA) is 75.4 Å². The summed E-state index contributed by atoms with van der Waals surface area (Å²) in [6.07, 6.45) is 0.749. The smallest absolute Gasteiger partial charge is 0.241 e. The Morgan fingerprint density at radius 1 is 1.42 bits per heavy atom. The molecular formula is C12H20BrN3O2S. The zero-order valence-electron chi connectivity index (χ0n) is 11.4. The highest BCUT2D eigenvalue weighted by atomic mass is 79.9. The van der Waals surface area contributed by atoms with Gasteiger partial charge in [-0.2, -0.15) is 0 Å². The normalized spacial score (nSPS) is 13.7. The Morgan fingerprint density at radius 2 is 2.05 bits per heavy atom. The molecule has 0 aliphatic carbocycles. The van der Waals surface area contributed by atoms with Crippen molar-refractivity contribution < 1.29 is 8.42 Å². The second-order valence-corrected chi connectivity index (χ2v) is 7.34. The van der Waals surface area contributed by atoms with Crippen molar-refractivity contribution in [2.24, 2.45) is 0 Å². The summed E-state index contributed by atoms with van der Waals surface area (Å²) in [5.74, 6) is 0. The minimum absolute atomic E-state index is 0.128. The number of nitrogen functional groups attached to an aromatic ring is 1. The van der Waals surface area contributed by atoms with Crippen LogP contribution >= 0.6 is 15.9 Å². The van der Waals surface area contributed by atoms with E-state index in [-0.39, 0.29) is 10.9 Å². The maximum Gasteiger partial charge on any atom is 0.241 e. The van der Waals surface area contributed by atoms with Crippen LogP contribution in [-0.4, -0.2) is 40.0 Å². The quantitative estimate of drug-likeness (QED) is 0.765. The molecule has 5 nitrogen and oxygen atoms in total. The van der Waals surface area contributed by atoms with Crippen LogP contribution in [0.15, 0.2) is 27.6 Å². The van der Waals surface area contributed by atoms with Crippen LogP contribution in [-0.2, 0) is 10.0 Å². The van der Waals surface area contributed by atoms with E-state index in [1.807, 2.05) is 25.9 Å². The van der Waals surface area contributed by atoms with Crippen LogP contribution in [0.2, 0.25) is 0 Å². The Hall–Kier alpha value is -0.630. The summed E-state index contributed by atoms with van der Waals surface area (Å²) in [6.45, 7) is 2.68. The fourth-order valence-corrected chi connectivity index (χ4v) is 3.95. The summed E-state index contributed by atoms with van der Waals surface area (Å²) in [5.41, 5.74) is 6.12. The van der Waals surface area contributed by atoms with Gasteiger partial charge < -0.3 is 10.6 Å². The van der Waals surface area contributed by atoms with Crippen molar-refractivity contribution in [3.05, 3.63) is 22.7 Å². The fraction of sp³-hybridized carbons (Fsp3) is 0.500. The lowest BCUT2D eigenvalue weighted by Crippen LogP contribution is -2.35. The van der Waals surface area contributed by atoms with Crippen molar-refractivity contribution in [3.63, 3.8) is 0 Å². The molecule has 1 rings (SSSR count). The van der Waals surface area contributed by atoms with Gasteiger partial charge in [0.15, 0.2) is 0 Å². The Balaban J connectivity index is 2.81. The first-order valence-electron chi connectivity index (χ1n) is 5.94. The lowest BCUT2D eigenvalue weighted by molar-refractivity contribution is 0.379. The van der Waals surface area contributed by atoms with Crippen molar-refractivity contribution in [1.82, 2.24) is 9.62 Å². The van der Waals surface area contributed by atoms with Gasteiger partial charge in [-0.05, 0) is 68.1 Å². The van der Waals surface area contributed by atoms with E-state index >= 15 is 0 Å². The predicted octanol–water partition coefficient (Wildman–Crippen LogP) is 1.65. The largest absolute Gasteiger partial charge is 0.399 e. The number of rotatable bonds is 6. The van der Waals surface area contributed by atoms with Crippen molar-refractivity contribution in [3.8, 4) is 0 Å². The first-order valence-corrected chi connectivity index (χ1v) is 8.22. The highest BCUT2D eigenvalue weighted by molar-refractivity contribution is 9.10. The van der Waals surface area contributed by atoms with Gasteiger partial charge in [0, 0.05) is 16.2 Å². The molecule has 1 atom stereocenters. The monoisotopic (exact) mass is 349 g/mol. The molecule has 0 saturated carbocycles. The van der Waals surface area contributed by atoms with E-state index in [2.05, 4.69) is 20.7 Å². The number of nitrogens with zero attached hydrogens (tertiary/aromatic N) is 1. The molecule has 1 aromatic rings. The molecule has 0 spiro atoms. The third kappa shape index (κ3) is 5.10. The second-order valence-electron chi connectivity index (χ2n) is 4.80. The number of anilines is 1. The molecule has 0 aliphatic heterocycles. The van der Waals surface area contributed by atoms with Crippen LogP contribution in [0.25, 0.3) is 0 Å². The fourth-order valence-electron chi connectivity index (χ4n) is 1.57. The maximum absolute atomic E-state index is 12.2. The molecule has 7 heteroatoms. The predicted molar refractivity (Wildman–Crippen MR) is 81.5 cm³/mol. The number of nitrogens with one attached hydrogen (secondary N) is 1. The van der Waals surface area contributed by atoms with Crippen LogP contribution in [0.4, 0.5) is 5.69 Å². The Morgan fingerprint density at radius 3 is 2.58 bits per heavy atom. The van der Waals surface area contributed by atoms with E-state index in [1.165, 1.54) is 6.07 Å². The number of benzene rings is 1. The maximum atomic E-state index is 12.2. The zero-order chi connectivity index (χ0) is 14.6. The average Bonchev–Trinajstić information content (AvgIpc) is 2.25. The van der Waals surface area contributed by atoms with Crippen molar-refractivity contribution in [2.45, 2.75) is 24.3 Å². The molecule has 0 fully saturated rings. The van der Waals surface area contributed by atoms with Gasteiger partial charge in [0.05, 0.1) is 4.90 Å². The number of halogens is 1. The molecule has 1 unspecified atom stereocenters. The minimum atomic E-state index is -3.53.